The predicted octanol–water partition coefficient (Wildman–Crippen LogP) is 1.30. The summed E-state index contributed by atoms with van der Waals surface area (Å²) in [5.41, 5.74) is 6.22. The van der Waals surface area contributed by atoms with Crippen molar-refractivity contribution in [1.29, 1.82) is 0 Å². The van der Waals surface area contributed by atoms with Crippen molar-refractivity contribution in [1.82, 2.24) is 9.62 Å². The highest BCUT2D eigenvalue weighted by Crippen LogP contribution is 2.19. The molecule has 1 aliphatic rings. The smallest absolute Gasteiger partial charge is 0.241 e. The number of nitrogens with one attached hydrogen (secondary N) is 1. The van der Waals surface area contributed by atoms with Gasteiger partial charge in [0.25, 0.3) is 0 Å². The van der Waals surface area contributed by atoms with Crippen LogP contribution in [0.15, 0.2) is 65.6 Å². The van der Waals surface area contributed by atoms with E-state index in [1.807, 2.05) is 30.3 Å². The van der Waals surface area contributed by atoms with Crippen LogP contribution in [0.3, 0.4) is 0 Å². The molecule has 0 aromatic heterocycles. The number of rotatable bonds is 7. The largest absolute Gasteiger partial charge is 0.369 e. The Hall–Kier alpha value is -2.71. The van der Waals surface area contributed by atoms with E-state index in [9.17, 15) is 18.0 Å². The van der Waals surface area contributed by atoms with Crippen LogP contribution in [0.4, 0.5) is 0 Å². The average Bonchev–Trinajstić information content (AvgIpc) is 2.74. The Bertz CT molecular complexity index is 940. The zero-order chi connectivity index (χ0) is 20.9. The van der Waals surface area contributed by atoms with Crippen LogP contribution in [0.25, 0.3) is 0 Å². The van der Waals surface area contributed by atoms with Crippen LogP contribution in [0.5, 0.6) is 0 Å². The molecule has 8 heteroatoms. The molecule has 0 spiro atoms. The number of amides is 2. The van der Waals surface area contributed by atoms with Crippen LogP contribution in [0.2, 0.25) is 0 Å². The molecule has 3 N–H and O–H groups in total. The molecule has 29 heavy (non-hydrogen) atoms. The summed E-state index contributed by atoms with van der Waals surface area (Å²) < 4.78 is 28.2. The lowest BCUT2D eigenvalue weighted by atomic mass is 9.95. The zero-order valence-corrected chi connectivity index (χ0v) is 16.8. The molecule has 1 unspecified atom stereocenters. The molecule has 1 fully saturated rings. The second-order valence-corrected chi connectivity index (χ2v) is 8.89. The first-order chi connectivity index (χ1) is 13.9. The number of benzene rings is 2. The third-order valence-corrected chi connectivity index (χ3v) is 6.63. The molecule has 2 aromatic carbocycles. The van der Waals surface area contributed by atoms with Crippen LogP contribution >= 0.6 is 0 Å². The number of primary amides is 1. The Morgan fingerprint density at radius 2 is 1.55 bits per heavy atom. The summed E-state index contributed by atoms with van der Waals surface area (Å²) >= 11 is 0. The quantitative estimate of drug-likeness (QED) is 0.710. The van der Waals surface area contributed by atoms with E-state index in [1.54, 1.807) is 23.1 Å². The molecule has 1 saturated heterocycles. The second-order valence-electron chi connectivity index (χ2n) is 7.18. The molecule has 0 aliphatic carbocycles. The van der Waals surface area contributed by atoms with Crippen LogP contribution < -0.4 is 10.5 Å². The summed E-state index contributed by atoms with van der Waals surface area (Å²) in [7, 11) is -3.86. The van der Waals surface area contributed by atoms with E-state index in [1.165, 1.54) is 12.1 Å². The van der Waals surface area contributed by atoms with E-state index in [2.05, 4.69) is 4.72 Å². The molecule has 0 saturated carbocycles. The van der Waals surface area contributed by atoms with Crippen LogP contribution in [0.1, 0.15) is 18.4 Å². The van der Waals surface area contributed by atoms with E-state index >= 15 is 0 Å². The minimum Gasteiger partial charge on any atom is -0.369 e. The number of piperidine rings is 1. The minimum atomic E-state index is -3.86. The van der Waals surface area contributed by atoms with Gasteiger partial charge in [-0.05, 0) is 37.0 Å². The van der Waals surface area contributed by atoms with E-state index < -0.39 is 16.1 Å². The first-order valence-corrected chi connectivity index (χ1v) is 11.0. The van der Waals surface area contributed by atoms with Crippen molar-refractivity contribution in [3.63, 3.8) is 0 Å². The first-order valence-electron chi connectivity index (χ1n) is 9.56. The number of likely N-dealkylation sites (tertiary alicyclic amines) is 1. The monoisotopic (exact) mass is 415 g/mol. The van der Waals surface area contributed by atoms with E-state index in [0.29, 0.717) is 25.9 Å². The zero-order valence-electron chi connectivity index (χ0n) is 16.0. The standard InChI is InChI=1S/C21H25N3O4S/c22-20(25)17-11-13-24(14-12-17)21(26)19(15-16-7-3-1-4-8-16)23-29(27,28)18-9-5-2-6-10-18/h1-10,17,19,23H,11-15H2,(H2,22,25). The number of nitrogens with two attached hydrogens (primary N) is 1. The first kappa shape index (κ1) is 21.0. The average molecular weight is 416 g/mol. The lowest BCUT2D eigenvalue weighted by Crippen LogP contribution is -2.52. The van der Waals surface area contributed by atoms with Gasteiger partial charge in [0.05, 0.1) is 4.90 Å². The highest BCUT2D eigenvalue weighted by atomic mass is 32.2. The van der Waals surface area contributed by atoms with Gasteiger partial charge >= 0.3 is 0 Å². The fraction of sp³-hybridized carbons (Fsp3) is 0.333. The van der Waals surface area contributed by atoms with Gasteiger partial charge in [0, 0.05) is 19.0 Å². The lowest BCUT2D eigenvalue weighted by Gasteiger charge is -2.33. The maximum absolute atomic E-state index is 13.2. The number of hydrogen-bond acceptors (Lipinski definition) is 4. The number of nitrogens with zero attached hydrogens (tertiary/aromatic N) is 1. The van der Waals surface area contributed by atoms with Crippen LogP contribution in [0, 0.1) is 5.92 Å². The Balaban J connectivity index is 1.79. The lowest BCUT2D eigenvalue weighted by molar-refractivity contribution is -0.136. The van der Waals surface area contributed by atoms with Gasteiger partial charge in [0.1, 0.15) is 6.04 Å². The Morgan fingerprint density at radius 3 is 2.10 bits per heavy atom. The van der Waals surface area contributed by atoms with Gasteiger partial charge in [-0.1, -0.05) is 48.5 Å². The Labute approximate surface area is 171 Å². The molecule has 1 heterocycles. The summed E-state index contributed by atoms with van der Waals surface area (Å²) in [4.78, 5) is 26.3. The molecule has 7 nitrogen and oxygen atoms in total. The van der Waals surface area contributed by atoms with E-state index in [4.69, 9.17) is 5.73 Å². The van der Waals surface area contributed by atoms with Gasteiger partial charge in [-0.2, -0.15) is 4.72 Å². The summed E-state index contributed by atoms with van der Waals surface area (Å²) in [5, 5.41) is 0. The highest BCUT2D eigenvalue weighted by molar-refractivity contribution is 7.89. The third kappa shape index (κ3) is 5.42. The fourth-order valence-corrected chi connectivity index (χ4v) is 4.70. The van der Waals surface area contributed by atoms with Gasteiger partial charge in [-0.3, -0.25) is 9.59 Å². The molecule has 3 rings (SSSR count). The number of hydrogen-bond donors (Lipinski definition) is 2. The van der Waals surface area contributed by atoms with Gasteiger partial charge in [-0.15, -0.1) is 0 Å². The van der Waals surface area contributed by atoms with Crippen molar-refractivity contribution in [3.05, 3.63) is 66.2 Å². The molecule has 1 aliphatic heterocycles. The van der Waals surface area contributed by atoms with Crippen molar-refractivity contribution in [2.45, 2.75) is 30.2 Å². The number of carbonyl (C=O) groups excluding carboxylic acids is 2. The maximum atomic E-state index is 13.2. The summed E-state index contributed by atoms with van der Waals surface area (Å²) in [6.45, 7) is 0.760. The van der Waals surface area contributed by atoms with Crippen molar-refractivity contribution in [3.8, 4) is 0 Å². The SMILES string of the molecule is NC(=O)C1CCN(C(=O)C(Cc2ccccc2)NS(=O)(=O)c2ccccc2)CC1. The van der Waals surface area contributed by atoms with Gasteiger partial charge in [0.2, 0.25) is 21.8 Å². The predicted molar refractivity (Wildman–Crippen MR) is 109 cm³/mol. The molecule has 1 atom stereocenters. The van der Waals surface area contributed by atoms with Crippen molar-refractivity contribution in [2.24, 2.45) is 11.7 Å². The minimum absolute atomic E-state index is 0.110. The van der Waals surface area contributed by atoms with Crippen molar-refractivity contribution < 1.29 is 18.0 Å². The Morgan fingerprint density at radius 1 is 1.00 bits per heavy atom. The number of sulfonamides is 1. The topological polar surface area (TPSA) is 110 Å². The summed E-state index contributed by atoms with van der Waals surface area (Å²) in [6, 6.07) is 16.3. The molecule has 0 bridgehead atoms. The van der Waals surface area contributed by atoms with Gasteiger partial charge < -0.3 is 10.6 Å². The normalized spacial score (nSPS) is 16.3. The fourth-order valence-electron chi connectivity index (χ4n) is 3.49. The third-order valence-electron chi connectivity index (χ3n) is 5.14. The molecule has 154 valence electrons. The van der Waals surface area contributed by atoms with Crippen LogP contribution in [-0.2, 0) is 26.0 Å². The number of carbonyl (C=O) groups is 2. The maximum Gasteiger partial charge on any atom is 0.241 e. The van der Waals surface area contributed by atoms with Crippen LogP contribution in [-0.4, -0.2) is 44.3 Å². The van der Waals surface area contributed by atoms with E-state index in [0.717, 1.165) is 5.56 Å². The van der Waals surface area contributed by atoms with Crippen molar-refractivity contribution >= 4 is 21.8 Å². The molecule has 2 aromatic rings. The molecular weight excluding hydrogens is 390 g/mol. The van der Waals surface area contributed by atoms with Gasteiger partial charge in [-0.25, -0.2) is 8.42 Å². The molecular formula is C21H25N3O4S. The summed E-state index contributed by atoms with van der Waals surface area (Å²) in [6.07, 6.45) is 1.22. The second kappa shape index (κ2) is 9.19. The highest BCUT2D eigenvalue weighted by Gasteiger charge is 2.32. The van der Waals surface area contributed by atoms with Crippen molar-refractivity contribution in [2.75, 3.05) is 13.1 Å². The molecule has 2 amide bonds. The summed E-state index contributed by atoms with van der Waals surface area (Å²) in [5.74, 6) is -0.897. The van der Waals surface area contributed by atoms with E-state index in [-0.39, 0.29) is 29.0 Å². The Kier molecular flexibility index (Phi) is 6.66. The molecule has 0 radical (unpaired) electrons. The van der Waals surface area contributed by atoms with Gasteiger partial charge in [0.15, 0.2) is 0 Å².